The number of carbonyl (C=O) groups is 1. The number of amides is 1. The largest absolute Gasteiger partial charge is 0.456 e. The van der Waals surface area contributed by atoms with Crippen LogP contribution in [0.1, 0.15) is 35.2 Å². The maximum Gasteiger partial charge on any atom is 0.289 e. The molecule has 1 atom stereocenters. The molecule has 6 nitrogen and oxygen atoms in total. The maximum absolute atomic E-state index is 12.3. The summed E-state index contributed by atoms with van der Waals surface area (Å²) in [5.74, 6) is 1.13. The number of piperidine rings is 1. The summed E-state index contributed by atoms with van der Waals surface area (Å²) in [4.78, 5) is 18.1. The molecule has 2 aromatic rings. The summed E-state index contributed by atoms with van der Waals surface area (Å²) in [6, 6.07) is 3.75. The fraction of sp³-hybridized carbons (Fsp3) is 0.462. The molecule has 0 N–H and O–H groups in total. The zero-order valence-corrected chi connectivity index (χ0v) is 10.8. The van der Waals surface area contributed by atoms with Gasteiger partial charge in [0.25, 0.3) is 5.91 Å². The molecule has 1 aliphatic rings. The van der Waals surface area contributed by atoms with Gasteiger partial charge in [-0.15, -0.1) is 0 Å². The molecule has 3 heterocycles. The number of aryl methyl sites for hydroxylation is 1. The summed E-state index contributed by atoms with van der Waals surface area (Å²) in [5.41, 5.74) is 0. The number of aromatic nitrogens is 3. The smallest absolute Gasteiger partial charge is 0.289 e. The van der Waals surface area contributed by atoms with E-state index in [4.69, 9.17) is 4.42 Å². The van der Waals surface area contributed by atoms with Crippen LogP contribution in [0.2, 0.25) is 0 Å². The molecule has 6 heteroatoms. The zero-order chi connectivity index (χ0) is 13.2. The second kappa shape index (κ2) is 4.87. The van der Waals surface area contributed by atoms with Crippen molar-refractivity contribution in [3.8, 4) is 0 Å². The second-order valence-corrected chi connectivity index (χ2v) is 4.83. The summed E-state index contributed by atoms with van der Waals surface area (Å²) >= 11 is 0. The van der Waals surface area contributed by atoms with Gasteiger partial charge in [-0.3, -0.25) is 4.79 Å². The predicted molar refractivity (Wildman–Crippen MR) is 67.6 cm³/mol. The molecule has 1 saturated heterocycles. The number of hydrogen-bond donors (Lipinski definition) is 0. The lowest BCUT2D eigenvalue weighted by molar-refractivity contribution is 0.0639. The first-order valence-corrected chi connectivity index (χ1v) is 6.44. The lowest BCUT2D eigenvalue weighted by Gasteiger charge is -2.32. The third-order valence-corrected chi connectivity index (χ3v) is 3.45. The van der Waals surface area contributed by atoms with E-state index in [1.165, 1.54) is 6.33 Å². The van der Waals surface area contributed by atoms with Crippen molar-refractivity contribution < 1.29 is 9.21 Å². The first-order chi connectivity index (χ1) is 9.24. The molecule has 19 heavy (non-hydrogen) atoms. The van der Waals surface area contributed by atoms with E-state index in [1.807, 2.05) is 22.6 Å². The summed E-state index contributed by atoms with van der Waals surface area (Å²) in [7, 11) is 0. The lowest BCUT2D eigenvalue weighted by Crippen LogP contribution is -2.40. The van der Waals surface area contributed by atoms with Gasteiger partial charge in [0.15, 0.2) is 5.76 Å². The van der Waals surface area contributed by atoms with E-state index in [9.17, 15) is 4.79 Å². The van der Waals surface area contributed by atoms with Gasteiger partial charge < -0.3 is 9.32 Å². The Balaban J connectivity index is 1.73. The Morgan fingerprint density at radius 2 is 2.37 bits per heavy atom. The van der Waals surface area contributed by atoms with Crippen molar-refractivity contribution in [3.63, 3.8) is 0 Å². The van der Waals surface area contributed by atoms with Crippen molar-refractivity contribution in [1.82, 2.24) is 19.7 Å². The zero-order valence-electron chi connectivity index (χ0n) is 10.8. The number of nitrogens with zero attached hydrogens (tertiary/aromatic N) is 4. The van der Waals surface area contributed by atoms with Crippen LogP contribution in [0.15, 0.2) is 29.2 Å². The van der Waals surface area contributed by atoms with Crippen LogP contribution in [0.25, 0.3) is 0 Å². The molecular weight excluding hydrogens is 244 g/mol. The van der Waals surface area contributed by atoms with Gasteiger partial charge in [-0.05, 0) is 31.9 Å². The minimum atomic E-state index is -0.0436. The molecule has 0 spiro atoms. The fourth-order valence-corrected chi connectivity index (χ4v) is 2.47. The average Bonchev–Trinajstić information content (AvgIpc) is 3.09. The second-order valence-electron chi connectivity index (χ2n) is 4.83. The Morgan fingerprint density at radius 3 is 3.05 bits per heavy atom. The fourth-order valence-electron chi connectivity index (χ4n) is 2.47. The highest BCUT2D eigenvalue weighted by molar-refractivity contribution is 5.91. The number of furan rings is 1. The molecule has 1 unspecified atom stereocenters. The van der Waals surface area contributed by atoms with Gasteiger partial charge in [-0.2, -0.15) is 5.10 Å². The lowest BCUT2D eigenvalue weighted by atomic mass is 10.1. The first-order valence-electron chi connectivity index (χ1n) is 6.44. The van der Waals surface area contributed by atoms with Crippen molar-refractivity contribution >= 4 is 5.91 Å². The normalized spacial score (nSPS) is 19.6. The molecule has 3 rings (SSSR count). The standard InChI is InChI=1S/C13H16N4O2/c1-10-4-5-12(19-10)13(18)16-6-2-3-11(7-16)17-9-14-8-15-17/h4-5,8-9,11H,2-3,6-7H2,1H3. The minimum Gasteiger partial charge on any atom is -0.456 e. The van der Waals surface area contributed by atoms with E-state index < -0.39 is 0 Å². The van der Waals surface area contributed by atoms with Crippen molar-refractivity contribution in [3.05, 3.63) is 36.3 Å². The van der Waals surface area contributed by atoms with E-state index in [-0.39, 0.29) is 11.9 Å². The minimum absolute atomic E-state index is 0.0436. The van der Waals surface area contributed by atoms with Crippen LogP contribution in [-0.2, 0) is 0 Å². The average molecular weight is 260 g/mol. The third kappa shape index (κ3) is 2.38. The van der Waals surface area contributed by atoms with E-state index in [0.29, 0.717) is 12.3 Å². The van der Waals surface area contributed by atoms with E-state index in [2.05, 4.69) is 10.1 Å². The van der Waals surface area contributed by atoms with Crippen LogP contribution in [0, 0.1) is 6.92 Å². The highest BCUT2D eigenvalue weighted by atomic mass is 16.3. The summed E-state index contributed by atoms with van der Waals surface area (Å²) in [6.07, 6.45) is 5.21. The van der Waals surface area contributed by atoms with Gasteiger partial charge in [-0.1, -0.05) is 0 Å². The van der Waals surface area contributed by atoms with Gasteiger partial charge in [0, 0.05) is 13.1 Å². The van der Waals surface area contributed by atoms with Crippen LogP contribution < -0.4 is 0 Å². The van der Waals surface area contributed by atoms with E-state index >= 15 is 0 Å². The molecule has 0 aliphatic carbocycles. The highest BCUT2D eigenvalue weighted by Crippen LogP contribution is 2.22. The monoisotopic (exact) mass is 260 g/mol. The quantitative estimate of drug-likeness (QED) is 0.823. The molecule has 0 aromatic carbocycles. The highest BCUT2D eigenvalue weighted by Gasteiger charge is 2.27. The van der Waals surface area contributed by atoms with Gasteiger partial charge in [0.1, 0.15) is 18.4 Å². The molecule has 100 valence electrons. The van der Waals surface area contributed by atoms with E-state index in [0.717, 1.165) is 25.1 Å². The molecular formula is C13H16N4O2. The third-order valence-electron chi connectivity index (χ3n) is 3.45. The topological polar surface area (TPSA) is 64.2 Å². The van der Waals surface area contributed by atoms with Gasteiger partial charge >= 0.3 is 0 Å². The van der Waals surface area contributed by atoms with E-state index in [1.54, 1.807) is 12.4 Å². The SMILES string of the molecule is Cc1ccc(C(=O)N2CCCC(n3cncn3)C2)o1. The summed E-state index contributed by atoms with van der Waals surface area (Å²) < 4.78 is 7.22. The van der Waals surface area contributed by atoms with Gasteiger partial charge in [-0.25, -0.2) is 9.67 Å². The van der Waals surface area contributed by atoms with Crippen LogP contribution in [0.3, 0.4) is 0 Å². The number of rotatable bonds is 2. The molecule has 1 aliphatic heterocycles. The van der Waals surface area contributed by atoms with Crippen molar-refractivity contribution in [2.45, 2.75) is 25.8 Å². The predicted octanol–water partition coefficient (Wildman–Crippen LogP) is 1.66. The van der Waals surface area contributed by atoms with Crippen LogP contribution in [0.4, 0.5) is 0 Å². The molecule has 0 bridgehead atoms. The molecule has 0 radical (unpaired) electrons. The molecule has 1 fully saturated rings. The van der Waals surface area contributed by atoms with Crippen molar-refractivity contribution in [2.75, 3.05) is 13.1 Å². The Morgan fingerprint density at radius 1 is 1.47 bits per heavy atom. The van der Waals surface area contributed by atoms with Crippen LogP contribution >= 0.6 is 0 Å². The number of hydrogen-bond acceptors (Lipinski definition) is 4. The Labute approximate surface area is 111 Å². The first kappa shape index (κ1) is 12.0. The molecule has 2 aromatic heterocycles. The molecule has 0 saturated carbocycles. The Hall–Kier alpha value is -2.11. The van der Waals surface area contributed by atoms with Crippen LogP contribution in [-0.4, -0.2) is 38.7 Å². The van der Waals surface area contributed by atoms with Gasteiger partial charge in [0.05, 0.1) is 6.04 Å². The van der Waals surface area contributed by atoms with Crippen LogP contribution in [0.5, 0.6) is 0 Å². The van der Waals surface area contributed by atoms with Gasteiger partial charge in [0.2, 0.25) is 0 Å². The number of likely N-dealkylation sites (tertiary alicyclic amines) is 1. The summed E-state index contributed by atoms with van der Waals surface area (Å²) in [5, 5.41) is 4.15. The van der Waals surface area contributed by atoms with Crippen molar-refractivity contribution in [1.29, 1.82) is 0 Å². The maximum atomic E-state index is 12.3. The Kier molecular flexibility index (Phi) is 3.06. The van der Waals surface area contributed by atoms with Crippen molar-refractivity contribution in [2.24, 2.45) is 0 Å². The molecule has 1 amide bonds. The Bertz CT molecular complexity index is 561. The number of carbonyl (C=O) groups excluding carboxylic acids is 1. The summed E-state index contributed by atoms with van der Waals surface area (Å²) in [6.45, 7) is 3.26.